The third kappa shape index (κ3) is 2.05. The molecule has 0 amide bonds. The molecule has 4 rings (SSSR count). The molecule has 1 aromatic carbocycles. The maximum atomic E-state index is 5.78. The first-order valence-corrected chi connectivity index (χ1v) is 9.27. The van der Waals surface area contributed by atoms with Gasteiger partial charge in [0.05, 0.1) is 10.7 Å². The average Bonchev–Trinajstić information content (AvgIpc) is 2.99. The van der Waals surface area contributed by atoms with Gasteiger partial charge in [0.15, 0.2) is 0 Å². The van der Waals surface area contributed by atoms with Crippen LogP contribution >= 0.6 is 23.5 Å². The van der Waals surface area contributed by atoms with Crippen LogP contribution in [0.3, 0.4) is 0 Å². The summed E-state index contributed by atoms with van der Waals surface area (Å²) in [6.45, 7) is 1.98. The van der Waals surface area contributed by atoms with E-state index < -0.39 is 0 Å². The van der Waals surface area contributed by atoms with Crippen molar-refractivity contribution in [3.05, 3.63) is 35.9 Å². The van der Waals surface area contributed by atoms with Crippen LogP contribution in [-0.4, -0.2) is 28.8 Å². The van der Waals surface area contributed by atoms with Crippen molar-refractivity contribution in [2.75, 3.05) is 24.7 Å². The van der Waals surface area contributed by atoms with Crippen LogP contribution in [-0.2, 0) is 4.74 Å². The molecule has 1 saturated carbocycles. The molecule has 1 nitrogen and oxygen atoms in total. The molecular weight excluding hydrogens is 272 g/mol. The molecule has 19 heavy (non-hydrogen) atoms. The van der Waals surface area contributed by atoms with Crippen molar-refractivity contribution in [1.29, 1.82) is 0 Å². The van der Waals surface area contributed by atoms with Gasteiger partial charge in [-0.15, -0.1) is 23.5 Å². The molecule has 102 valence electrons. The highest BCUT2D eigenvalue weighted by Crippen LogP contribution is 2.64. The lowest BCUT2D eigenvalue weighted by molar-refractivity contribution is 0.170. The maximum absolute atomic E-state index is 5.78. The lowest BCUT2D eigenvalue weighted by Gasteiger charge is -2.39. The van der Waals surface area contributed by atoms with E-state index in [1.54, 1.807) is 5.56 Å². The summed E-state index contributed by atoms with van der Waals surface area (Å²) in [5.74, 6) is 4.92. The predicted octanol–water partition coefficient (Wildman–Crippen LogP) is 4.00. The molecule has 3 heteroatoms. The molecule has 3 atom stereocenters. The smallest absolute Gasteiger partial charge is 0.0686 e. The second-order valence-electron chi connectivity index (χ2n) is 5.92. The Morgan fingerprint density at radius 3 is 2.63 bits per heavy atom. The molecule has 0 radical (unpaired) electrons. The molecule has 0 aromatic heterocycles. The van der Waals surface area contributed by atoms with Gasteiger partial charge in [-0.3, -0.25) is 0 Å². The van der Waals surface area contributed by atoms with Crippen molar-refractivity contribution < 1.29 is 4.74 Å². The van der Waals surface area contributed by atoms with Gasteiger partial charge in [-0.05, 0) is 41.7 Å². The third-order valence-corrected chi connectivity index (χ3v) is 8.35. The van der Waals surface area contributed by atoms with Crippen LogP contribution in [0.2, 0.25) is 0 Å². The first kappa shape index (κ1) is 12.6. The summed E-state index contributed by atoms with van der Waals surface area (Å²) in [6, 6.07) is 11.2. The summed E-state index contributed by atoms with van der Waals surface area (Å²) in [4.78, 5) is 0. The Morgan fingerprint density at radius 1 is 1.05 bits per heavy atom. The van der Waals surface area contributed by atoms with Gasteiger partial charge in [0.25, 0.3) is 0 Å². The molecule has 1 spiro atoms. The molecule has 2 heterocycles. The van der Waals surface area contributed by atoms with E-state index in [0.717, 1.165) is 25.0 Å². The van der Waals surface area contributed by atoms with Gasteiger partial charge < -0.3 is 4.74 Å². The highest BCUT2D eigenvalue weighted by Gasteiger charge is 2.56. The summed E-state index contributed by atoms with van der Waals surface area (Å²) >= 11 is 4.48. The first-order valence-electron chi connectivity index (χ1n) is 7.30. The van der Waals surface area contributed by atoms with Crippen molar-refractivity contribution in [1.82, 2.24) is 0 Å². The quantitative estimate of drug-likeness (QED) is 0.774. The summed E-state index contributed by atoms with van der Waals surface area (Å²) in [6.07, 6.45) is 2.73. The summed E-state index contributed by atoms with van der Waals surface area (Å²) in [5.41, 5.74) is 1.54. The highest BCUT2D eigenvalue weighted by molar-refractivity contribution is 8.18. The zero-order valence-corrected chi connectivity index (χ0v) is 12.7. The van der Waals surface area contributed by atoms with Gasteiger partial charge in [0, 0.05) is 12.5 Å². The van der Waals surface area contributed by atoms with Crippen molar-refractivity contribution in [3.8, 4) is 0 Å². The fourth-order valence-electron chi connectivity index (χ4n) is 4.06. The fourth-order valence-corrected chi connectivity index (χ4v) is 7.99. The molecule has 3 fully saturated rings. The molecular formula is C16H20OS2. The Labute approximate surface area is 123 Å². The van der Waals surface area contributed by atoms with Crippen LogP contribution in [0.25, 0.3) is 0 Å². The number of fused-ring (bicyclic) bond motifs is 1. The minimum Gasteiger partial charge on any atom is -0.381 e. The lowest BCUT2D eigenvalue weighted by atomic mass is 9.86. The van der Waals surface area contributed by atoms with E-state index >= 15 is 0 Å². The SMILES string of the molecule is c1ccc([C@@H]2[C@H]3COC[C@H]3CC23SCCCS3)cc1. The average molecular weight is 292 g/mol. The van der Waals surface area contributed by atoms with Crippen molar-refractivity contribution in [3.63, 3.8) is 0 Å². The predicted molar refractivity (Wildman–Crippen MR) is 83.9 cm³/mol. The number of rotatable bonds is 1. The van der Waals surface area contributed by atoms with Crippen molar-refractivity contribution >= 4 is 23.5 Å². The number of hydrogen-bond acceptors (Lipinski definition) is 3. The number of hydrogen-bond donors (Lipinski definition) is 0. The Balaban J connectivity index is 1.74. The first-order chi connectivity index (χ1) is 9.39. The molecule has 1 aliphatic carbocycles. The van der Waals surface area contributed by atoms with E-state index in [4.69, 9.17) is 4.74 Å². The van der Waals surface area contributed by atoms with Gasteiger partial charge in [-0.2, -0.15) is 0 Å². The number of thioether (sulfide) groups is 2. The van der Waals surface area contributed by atoms with Crippen LogP contribution in [0.1, 0.15) is 24.3 Å². The Kier molecular flexibility index (Phi) is 3.33. The van der Waals surface area contributed by atoms with E-state index in [1.807, 2.05) is 0 Å². The molecule has 2 saturated heterocycles. The molecule has 2 aliphatic heterocycles. The van der Waals surface area contributed by atoms with E-state index in [1.165, 1.54) is 24.3 Å². The Morgan fingerprint density at radius 2 is 1.84 bits per heavy atom. The zero-order valence-electron chi connectivity index (χ0n) is 11.1. The maximum Gasteiger partial charge on any atom is 0.0686 e. The molecule has 3 aliphatic rings. The van der Waals surface area contributed by atoms with Crippen LogP contribution in [0.5, 0.6) is 0 Å². The standard InChI is InChI=1S/C16H20OS2/c1-2-5-12(6-3-1)15-14-11-17-10-13(14)9-16(15)18-7-4-8-19-16/h1-3,5-6,13-15H,4,7-11H2/t13-,14+,15-/m1/s1. The number of benzene rings is 1. The van der Waals surface area contributed by atoms with Gasteiger partial charge in [-0.1, -0.05) is 30.3 Å². The minimum absolute atomic E-state index is 0.443. The third-order valence-electron chi connectivity index (χ3n) is 4.84. The summed E-state index contributed by atoms with van der Waals surface area (Å²) < 4.78 is 6.22. The molecule has 0 bridgehead atoms. The molecule has 0 N–H and O–H groups in total. The van der Waals surface area contributed by atoms with Crippen LogP contribution < -0.4 is 0 Å². The highest BCUT2D eigenvalue weighted by atomic mass is 32.2. The second-order valence-corrected chi connectivity index (χ2v) is 9.03. The lowest BCUT2D eigenvalue weighted by Crippen LogP contribution is -2.31. The van der Waals surface area contributed by atoms with E-state index in [2.05, 4.69) is 53.9 Å². The van der Waals surface area contributed by atoms with Gasteiger partial charge in [0.1, 0.15) is 0 Å². The van der Waals surface area contributed by atoms with Gasteiger partial charge >= 0.3 is 0 Å². The van der Waals surface area contributed by atoms with Crippen molar-refractivity contribution in [2.45, 2.75) is 22.8 Å². The second kappa shape index (κ2) is 5.01. The zero-order chi connectivity index (χ0) is 12.7. The van der Waals surface area contributed by atoms with Crippen LogP contribution in [0.15, 0.2) is 30.3 Å². The minimum atomic E-state index is 0.443. The van der Waals surface area contributed by atoms with E-state index in [0.29, 0.717) is 10.00 Å². The van der Waals surface area contributed by atoms with Crippen LogP contribution in [0.4, 0.5) is 0 Å². The number of ether oxygens (including phenoxy) is 1. The molecule has 0 unspecified atom stereocenters. The Hall–Kier alpha value is -0.120. The summed E-state index contributed by atoms with van der Waals surface area (Å²) in [7, 11) is 0. The largest absolute Gasteiger partial charge is 0.381 e. The topological polar surface area (TPSA) is 9.23 Å². The van der Waals surface area contributed by atoms with E-state index in [9.17, 15) is 0 Å². The van der Waals surface area contributed by atoms with E-state index in [-0.39, 0.29) is 0 Å². The van der Waals surface area contributed by atoms with Gasteiger partial charge in [0.2, 0.25) is 0 Å². The molecule has 1 aromatic rings. The Bertz CT molecular complexity index is 441. The van der Waals surface area contributed by atoms with Gasteiger partial charge in [-0.25, -0.2) is 0 Å². The fraction of sp³-hybridized carbons (Fsp3) is 0.625. The monoisotopic (exact) mass is 292 g/mol. The normalized spacial score (nSPS) is 36.5. The summed E-state index contributed by atoms with van der Waals surface area (Å²) in [5, 5.41) is 0. The van der Waals surface area contributed by atoms with Crippen molar-refractivity contribution in [2.24, 2.45) is 11.8 Å². The van der Waals surface area contributed by atoms with Crippen LogP contribution in [0, 0.1) is 11.8 Å².